The third-order valence-corrected chi connectivity index (χ3v) is 3.34. The fourth-order valence-electron chi connectivity index (χ4n) is 2.39. The van der Waals surface area contributed by atoms with E-state index in [-0.39, 0.29) is 0 Å². The maximum absolute atomic E-state index is 5.19. The Morgan fingerprint density at radius 1 is 1.30 bits per heavy atom. The van der Waals surface area contributed by atoms with Gasteiger partial charge < -0.3 is 14.4 Å². The van der Waals surface area contributed by atoms with Gasteiger partial charge >= 0.3 is 0 Å². The summed E-state index contributed by atoms with van der Waals surface area (Å²) < 4.78 is 7.32. The molecule has 0 aliphatic heterocycles. The average Bonchev–Trinajstić information content (AvgIpc) is 3.04. The molecule has 2 heterocycles. The van der Waals surface area contributed by atoms with Crippen molar-refractivity contribution < 1.29 is 4.52 Å². The maximum Gasteiger partial charge on any atom is 0.246 e. The van der Waals surface area contributed by atoms with Gasteiger partial charge in [0.2, 0.25) is 5.89 Å². The summed E-state index contributed by atoms with van der Waals surface area (Å²) in [5.41, 5.74) is 2.50. The van der Waals surface area contributed by atoms with Crippen LogP contribution in [0.2, 0.25) is 0 Å². The molecule has 1 aromatic carbocycles. The summed E-state index contributed by atoms with van der Waals surface area (Å²) in [6, 6.07) is 8.51. The van der Waals surface area contributed by atoms with Gasteiger partial charge in [0, 0.05) is 23.6 Å². The normalized spacial score (nSPS) is 11.3. The molecule has 0 bridgehead atoms. The highest BCUT2D eigenvalue weighted by Gasteiger charge is 2.08. The van der Waals surface area contributed by atoms with Crippen molar-refractivity contribution in [2.45, 2.75) is 26.9 Å². The number of benzene rings is 1. The topological polar surface area (TPSA) is 55.9 Å². The van der Waals surface area contributed by atoms with Crippen LogP contribution >= 0.6 is 0 Å². The van der Waals surface area contributed by atoms with Gasteiger partial charge in [0.15, 0.2) is 5.82 Å². The Balaban J connectivity index is 1.92. The van der Waals surface area contributed by atoms with Gasteiger partial charge in [0.25, 0.3) is 0 Å². The molecule has 5 nitrogen and oxygen atoms in total. The molecule has 3 aromatic rings. The van der Waals surface area contributed by atoms with Crippen LogP contribution in [0.15, 0.2) is 35.0 Å². The smallest absolute Gasteiger partial charge is 0.246 e. The first-order valence-electron chi connectivity index (χ1n) is 6.84. The highest BCUT2D eigenvalue weighted by molar-refractivity contribution is 5.83. The molecule has 0 aliphatic carbocycles. The lowest BCUT2D eigenvalue weighted by molar-refractivity contribution is 0.369. The van der Waals surface area contributed by atoms with Crippen LogP contribution in [0.4, 0.5) is 0 Å². The number of fused-ring (bicyclic) bond motifs is 1. The highest BCUT2D eigenvalue weighted by atomic mass is 16.5. The fraction of sp³-hybridized carbons (Fsp3) is 0.333. The Morgan fingerprint density at radius 2 is 2.20 bits per heavy atom. The number of aryl methyl sites for hydroxylation is 1. The molecular formula is C15H18N4O. The molecular weight excluding hydrogens is 252 g/mol. The molecule has 20 heavy (non-hydrogen) atoms. The molecule has 104 valence electrons. The molecule has 0 aliphatic rings. The van der Waals surface area contributed by atoms with Crippen LogP contribution in [-0.4, -0.2) is 21.3 Å². The molecule has 0 unspecified atom stereocenters. The van der Waals surface area contributed by atoms with E-state index >= 15 is 0 Å². The third-order valence-electron chi connectivity index (χ3n) is 3.34. The van der Waals surface area contributed by atoms with Crippen LogP contribution in [0.5, 0.6) is 0 Å². The molecule has 0 amide bonds. The van der Waals surface area contributed by atoms with Crippen LogP contribution in [0, 0.1) is 6.92 Å². The van der Waals surface area contributed by atoms with E-state index in [1.54, 1.807) is 0 Å². The standard InChI is InChI=1S/C15H18N4O/c1-3-16-9-12-5-4-6-14-13(12)7-8-19(14)10-15-17-11(2)18-20-15/h4-8,16H,3,9-10H2,1-2H3. The Morgan fingerprint density at radius 3 is 2.95 bits per heavy atom. The van der Waals surface area contributed by atoms with Gasteiger partial charge in [0.05, 0.1) is 0 Å². The van der Waals surface area contributed by atoms with Crippen LogP contribution in [0.1, 0.15) is 24.2 Å². The highest BCUT2D eigenvalue weighted by Crippen LogP contribution is 2.21. The van der Waals surface area contributed by atoms with Gasteiger partial charge in [-0.25, -0.2) is 0 Å². The lowest BCUT2D eigenvalue weighted by Crippen LogP contribution is -2.11. The van der Waals surface area contributed by atoms with Crippen molar-refractivity contribution in [1.29, 1.82) is 0 Å². The summed E-state index contributed by atoms with van der Waals surface area (Å²) in [4.78, 5) is 4.25. The van der Waals surface area contributed by atoms with Crippen molar-refractivity contribution >= 4 is 10.9 Å². The summed E-state index contributed by atoms with van der Waals surface area (Å²) in [6.07, 6.45) is 2.07. The minimum Gasteiger partial charge on any atom is -0.338 e. The van der Waals surface area contributed by atoms with E-state index < -0.39 is 0 Å². The number of nitrogens with zero attached hydrogens (tertiary/aromatic N) is 3. The lowest BCUT2D eigenvalue weighted by atomic mass is 10.1. The molecule has 0 spiro atoms. The molecule has 0 saturated carbocycles. The summed E-state index contributed by atoms with van der Waals surface area (Å²) in [7, 11) is 0. The van der Waals surface area contributed by atoms with E-state index in [2.05, 4.69) is 57.4 Å². The second kappa shape index (κ2) is 5.46. The minimum absolute atomic E-state index is 0.606. The quantitative estimate of drug-likeness (QED) is 0.774. The first kappa shape index (κ1) is 12.9. The van der Waals surface area contributed by atoms with E-state index in [4.69, 9.17) is 4.52 Å². The average molecular weight is 270 g/mol. The van der Waals surface area contributed by atoms with Gasteiger partial charge in [-0.05, 0) is 31.2 Å². The Bertz CT molecular complexity index is 714. The lowest BCUT2D eigenvalue weighted by Gasteiger charge is -2.06. The Kier molecular flexibility index (Phi) is 3.52. The van der Waals surface area contributed by atoms with Crippen molar-refractivity contribution in [3.05, 3.63) is 47.7 Å². The molecule has 5 heteroatoms. The van der Waals surface area contributed by atoms with E-state index in [1.165, 1.54) is 16.5 Å². The second-order valence-corrected chi connectivity index (χ2v) is 4.81. The van der Waals surface area contributed by atoms with Crippen molar-refractivity contribution in [3.63, 3.8) is 0 Å². The Hall–Kier alpha value is -2.14. The predicted octanol–water partition coefficient (Wildman–Crippen LogP) is 2.49. The van der Waals surface area contributed by atoms with E-state index in [0.29, 0.717) is 18.3 Å². The minimum atomic E-state index is 0.606. The number of hydrogen-bond donors (Lipinski definition) is 1. The number of hydrogen-bond acceptors (Lipinski definition) is 4. The van der Waals surface area contributed by atoms with Crippen LogP contribution in [-0.2, 0) is 13.1 Å². The SMILES string of the molecule is CCNCc1cccc2c1ccn2Cc1nc(C)no1. The first-order valence-corrected chi connectivity index (χ1v) is 6.84. The monoisotopic (exact) mass is 270 g/mol. The van der Waals surface area contributed by atoms with Gasteiger partial charge in [-0.1, -0.05) is 24.2 Å². The van der Waals surface area contributed by atoms with Gasteiger partial charge in [-0.2, -0.15) is 4.98 Å². The van der Waals surface area contributed by atoms with Gasteiger partial charge in [-0.3, -0.25) is 0 Å². The van der Waals surface area contributed by atoms with E-state index in [9.17, 15) is 0 Å². The molecule has 0 fully saturated rings. The molecule has 2 aromatic heterocycles. The van der Waals surface area contributed by atoms with Crippen molar-refractivity contribution in [2.75, 3.05) is 6.54 Å². The predicted molar refractivity (Wildman–Crippen MR) is 77.5 cm³/mol. The zero-order valence-corrected chi connectivity index (χ0v) is 11.8. The first-order chi connectivity index (χ1) is 9.78. The van der Waals surface area contributed by atoms with Gasteiger partial charge in [-0.15, -0.1) is 0 Å². The largest absolute Gasteiger partial charge is 0.338 e. The van der Waals surface area contributed by atoms with E-state index in [0.717, 1.165) is 13.1 Å². The Labute approximate surface area is 117 Å². The molecule has 1 N–H and O–H groups in total. The number of aromatic nitrogens is 3. The molecule has 0 atom stereocenters. The molecule has 0 saturated heterocycles. The zero-order valence-electron chi connectivity index (χ0n) is 11.8. The van der Waals surface area contributed by atoms with Crippen LogP contribution < -0.4 is 5.32 Å². The summed E-state index contributed by atoms with van der Waals surface area (Å²) in [5, 5.41) is 8.46. The van der Waals surface area contributed by atoms with E-state index in [1.807, 2.05) is 6.92 Å². The van der Waals surface area contributed by atoms with Crippen molar-refractivity contribution in [3.8, 4) is 0 Å². The number of nitrogens with one attached hydrogen (secondary N) is 1. The van der Waals surface area contributed by atoms with Gasteiger partial charge in [0.1, 0.15) is 6.54 Å². The fourth-order valence-corrected chi connectivity index (χ4v) is 2.39. The second-order valence-electron chi connectivity index (χ2n) is 4.81. The number of rotatable bonds is 5. The summed E-state index contributed by atoms with van der Waals surface area (Å²) >= 11 is 0. The van der Waals surface area contributed by atoms with Crippen molar-refractivity contribution in [1.82, 2.24) is 20.0 Å². The van der Waals surface area contributed by atoms with Crippen molar-refractivity contribution in [2.24, 2.45) is 0 Å². The van der Waals surface area contributed by atoms with Crippen LogP contribution in [0.25, 0.3) is 10.9 Å². The molecule has 3 rings (SSSR count). The molecule has 0 radical (unpaired) electrons. The zero-order chi connectivity index (χ0) is 13.9. The van der Waals surface area contributed by atoms with Crippen LogP contribution in [0.3, 0.4) is 0 Å². The third kappa shape index (κ3) is 2.44. The summed E-state index contributed by atoms with van der Waals surface area (Å²) in [5.74, 6) is 1.31. The summed E-state index contributed by atoms with van der Waals surface area (Å²) in [6.45, 7) is 6.41. The maximum atomic E-state index is 5.19.